The molecule has 1 saturated heterocycles. The van der Waals surface area contributed by atoms with Crippen LogP contribution in [0.2, 0.25) is 5.15 Å². The number of aliphatic hydroxyl groups is 1. The molecule has 22 heavy (non-hydrogen) atoms. The monoisotopic (exact) mass is 347 g/mol. The zero-order valence-corrected chi connectivity index (χ0v) is 13.6. The zero-order valence-electron chi connectivity index (χ0n) is 12.0. The van der Waals surface area contributed by atoms with Crippen LogP contribution in [0.4, 0.5) is 16.3 Å². The Labute approximate surface area is 137 Å². The van der Waals surface area contributed by atoms with E-state index in [0.717, 1.165) is 17.1 Å². The number of amides is 1. The highest BCUT2D eigenvalue weighted by Gasteiger charge is 2.34. The molecule has 1 aromatic rings. The number of β-amino-alcohol motifs (C(OH)–C–C–N with tert-alkyl or cyclic N) is 1. The van der Waals surface area contributed by atoms with Crippen LogP contribution in [-0.4, -0.2) is 62.2 Å². The number of hydrogen-bond acceptors (Lipinski definition) is 7. The van der Waals surface area contributed by atoms with E-state index in [1.54, 1.807) is 0 Å². The SMILES string of the molecule is CCCSc1nc(Cl)c(N)c(N[C@H]2CN(C(=O)O)C[C@@H]2O)n1. The van der Waals surface area contributed by atoms with Gasteiger partial charge in [0, 0.05) is 12.3 Å². The molecule has 0 radical (unpaired) electrons. The molecule has 0 spiro atoms. The Morgan fingerprint density at radius 3 is 2.86 bits per heavy atom. The van der Waals surface area contributed by atoms with E-state index in [4.69, 9.17) is 22.4 Å². The minimum absolute atomic E-state index is 0.0448. The molecule has 0 unspecified atom stereocenters. The number of hydrogen-bond donors (Lipinski definition) is 4. The van der Waals surface area contributed by atoms with E-state index in [-0.39, 0.29) is 23.9 Å². The molecule has 2 atom stereocenters. The fourth-order valence-electron chi connectivity index (χ4n) is 2.05. The Morgan fingerprint density at radius 1 is 1.55 bits per heavy atom. The van der Waals surface area contributed by atoms with Gasteiger partial charge in [0.25, 0.3) is 0 Å². The lowest BCUT2D eigenvalue weighted by Gasteiger charge is -2.18. The van der Waals surface area contributed by atoms with Gasteiger partial charge in [0.1, 0.15) is 5.69 Å². The molecule has 0 bridgehead atoms. The van der Waals surface area contributed by atoms with Gasteiger partial charge in [-0.1, -0.05) is 30.3 Å². The van der Waals surface area contributed by atoms with Gasteiger partial charge in [-0.3, -0.25) is 0 Å². The van der Waals surface area contributed by atoms with E-state index in [9.17, 15) is 9.90 Å². The van der Waals surface area contributed by atoms with Crippen LogP contribution in [-0.2, 0) is 0 Å². The maximum Gasteiger partial charge on any atom is 0.407 e. The van der Waals surface area contributed by atoms with Crippen molar-refractivity contribution < 1.29 is 15.0 Å². The molecule has 1 aromatic heterocycles. The smallest absolute Gasteiger partial charge is 0.407 e. The number of aliphatic hydroxyl groups excluding tert-OH is 1. The van der Waals surface area contributed by atoms with Gasteiger partial charge in [0.05, 0.1) is 18.7 Å². The summed E-state index contributed by atoms with van der Waals surface area (Å²) in [7, 11) is 0. The van der Waals surface area contributed by atoms with Crippen molar-refractivity contribution in [3.8, 4) is 0 Å². The molecule has 1 aliphatic rings. The number of carboxylic acid groups (broad SMARTS) is 1. The lowest BCUT2D eigenvalue weighted by atomic mass is 10.2. The number of aromatic nitrogens is 2. The molecule has 122 valence electrons. The van der Waals surface area contributed by atoms with Crippen LogP contribution in [0.3, 0.4) is 0 Å². The van der Waals surface area contributed by atoms with Crippen molar-refractivity contribution in [3.63, 3.8) is 0 Å². The van der Waals surface area contributed by atoms with Gasteiger partial charge in [-0.05, 0) is 6.42 Å². The normalized spacial score (nSPS) is 21.1. The molecule has 8 nitrogen and oxygen atoms in total. The second-order valence-electron chi connectivity index (χ2n) is 4.91. The van der Waals surface area contributed by atoms with Crippen LogP contribution in [0.5, 0.6) is 0 Å². The highest BCUT2D eigenvalue weighted by Crippen LogP contribution is 2.29. The first kappa shape index (κ1) is 16.9. The summed E-state index contributed by atoms with van der Waals surface area (Å²) in [5, 5.41) is 22.5. The zero-order chi connectivity index (χ0) is 16.3. The minimum atomic E-state index is -1.07. The third kappa shape index (κ3) is 3.84. The second-order valence-corrected chi connectivity index (χ2v) is 6.33. The van der Waals surface area contributed by atoms with Crippen LogP contribution in [0.25, 0.3) is 0 Å². The number of nitrogens with two attached hydrogens (primary N) is 1. The van der Waals surface area contributed by atoms with Gasteiger partial charge < -0.3 is 26.2 Å². The Morgan fingerprint density at radius 2 is 2.27 bits per heavy atom. The Hall–Kier alpha value is -1.45. The number of nitrogen functional groups attached to an aromatic ring is 1. The van der Waals surface area contributed by atoms with Crippen LogP contribution < -0.4 is 11.1 Å². The number of rotatable bonds is 5. The summed E-state index contributed by atoms with van der Waals surface area (Å²) in [4.78, 5) is 20.5. The van der Waals surface area contributed by atoms with Gasteiger partial charge in [0.2, 0.25) is 0 Å². The standard InChI is InChI=1S/C12H18ClN5O3S/c1-2-3-22-11-16-9(13)8(14)10(17-11)15-6-4-18(12(20)21)5-7(6)19/h6-7,19H,2-5,14H2,1H3,(H,20,21)(H,15,16,17)/t6-,7-/m0/s1. The number of anilines is 2. The summed E-state index contributed by atoms with van der Waals surface area (Å²) in [5.41, 5.74) is 6.04. The number of nitrogens with one attached hydrogen (secondary N) is 1. The first-order valence-electron chi connectivity index (χ1n) is 6.80. The molecular formula is C12H18ClN5O3S. The van der Waals surface area contributed by atoms with Crippen molar-refractivity contribution in [3.05, 3.63) is 5.15 Å². The van der Waals surface area contributed by atoms with Crippen molar-refractivity contribution in [1.29, 1.82) is 0 Å². The lowest BCUT2D eigenvalue weighted by molar-refractivity contribution is 0.139. The van der Waals surface area contributed by atoms with Crippen LogP contribution in [0, 0.1) is 0 Å². The maximum absolute atomic E-state index is 11.0. The molecule has 1 amide bonds. The number of halogens is 1. The summed E-state index contributed by atoms with van der Waals surface area (Å²) in [6.07, 6.45) is -0.944. The summed E-state index contributed by atoms with van der Waals surface area (Å²) < 4.78 is 0. The fraction of sp³-hybridized carbons (Fsp3) is 0.583. The van der Waals surface area contributed by atoms with Gasteiger partial charge >= 0.3 is 6.09 Å². The molecule has 1 fully saturated rings. The highest BCUT2D eigenvalue weighted by atomic mass is 35.5. The topological polar surface area (TPSA) is 125 Å². The number of likely N-dealkylation sites (tertiary alicyclic amines) is 1. The van der Waals surface area contributed by atoms with E-state index in [2.05, 4.69) is 15.3 Å². The van der Waals surface area contributed by atoms with Gasteiger partial charge in [-0.15, -0.1) is 0 Å². The molecule has 10 heteroatoms. The van der Waals surface area contributed by atoms with Crippen LogP contribution in [0.15, 0.2) is 5.16 Å². The van der Waals surface area contributed by atoms with Gasteiger partial charge in [-0.2, -0.15) is 0 Å². The third-order valence-electron chi connectivity index (χ3n) is 3.20. The van der Waals surface area contributed by atoms with Crippen LogP contribution in [0.1, 0.15) is 13.3 Å². The second kappa shape index (κ2) is 7.21. The van der Waals surface area contributed by atoms with Crippen molar-refractivity contribution in [2.24, 2.45) is 0 Å². The molecular weight excluding hydrogens is 330 g/mol. The van der Waals surface area contributed by atoms with E-state index in [0.29, 0.717) is 11.0 Å². The average Bonchev–Trinajstić information content (AvgIpc) is 2.83. The number of nitrogens with zero attached hydrogens (tertiary/aromatic N) is 3. The summed E-state index contributed by atoms with van der Waals surface area (Å²) in [6.45, 7) is 2.23. The quantitative estimate of drug-likeness (QED) is 0.357. The molecule has 0 saturated carbocycles. The molecule has 1 aliphatic heterocycles. The summed E-state index contributed by atoms with van der Waals surface area (Å²) in [5.74, 6) is 1.16. The Bertz CT molecular complexity index is 562. The third-order valence-corrected chi connectivity index (χ3v) is 4.54. The first-order chi connectivity index (χ1) is 10.4. The fourth-order valence-corrected chi connectivity index (χ4v) is 2.97. The summed E-state index contributed by atoms with van der Waals surface area (Å²) in [6, 6.07) is -0.492. The maximum atomic E-state index is 11.0. The Kier molecular flexibility index (Phi) is 5.54. The molecule has 5 N–H and O–H groups in total. The van der Waals surface area contributed by atoms with Gasteiger partial charge in [0.15, 0.2) is 16.1 Å². The van der Waals surface area contributed by atoms with Crippen molar-refractivity contribution >= 4 is 41.0 Å². The molecule has 0 aliphatic carbocycles. The first-order valence-corrected chi connectivity index (χ1v) is 8.17. The predicted octanol–water partition coefficient (Wildman–Crippen LogP) is 1.35. The van der Waals surface area contributed by atoms with Crippen molar-refractivity contribution in [1.82, 2.24) is 14.9 Å². The Balaban J connectivity index is 2.14. The van der Waals surface area contributed by atoms with Crippen LogP contribution >= 0.6 is 23.4 Å². The number of carbonyl (C=O) groups is 1. The van der Waals surface area contributed by atoms with Crippen molar-refractivity contribution in [2.45, 2.75) is 30.6 Å². The lowest BCUT2D eigenvalue weighted by Crippen LogP contribution is -2.33. The van der Waals surface area contributed by atoms with Crippen molar-refractivity contribution in [2.75, 3.05) is 29.9 Å². The van der Waals surface area contributed by atoms with E-state index in [1.165, 1.54) is 11.8 Å². The van der Waals surface area contributed by atoms with E-state index in [1.807, 2.05) is 6.92 Å². The highest BCUT2D eigenvalue weighted by molar-refractivity contribution is 7.99. The number of thioether (sulfide) groups is 1. The van der Waals surface area contributed by atoms with E-state index < -0.39 is 18.2 Å². The molecule has 0 aromatic carbocycles. The average molecular weight is 348 g/mol. The van der Waals surface area contributed by atoms with E-state index >= 15 is 0 Å². The largest absolute Gasteiger partial charge is 0.465 e. The predicted molar refractivity (Wildman–Crippen MR) is 85.5 cm³/mol. The molecule has 2 rings (SSSR count). The minimum Gasteiger partial charge on any atom is -0.465 e. The summed E-state index contributed by atoms with van der Waals surface area (Å²) >= 11 is 7.45. The van der Waals surface area contributed by atoms with Gasteiger partial charge in [-0.25, -0.2) is 14.8 Å². The molecule has 2 heterocycles.